The average Bonchev–Trinajstić information content (AvgIpc) is 3.27. The number of carbonyl (C=O) groups is 2. The largest absolute Gasteiger partial charge is 0.503 e. The lowest BCUT2D eigenvalue weighted by Crippen LogP contribution is -2.48. The first-order valence-electron chi connectivity index (χ1n) is 11.9. The predicted octanol–water partition coefficient (Wildman–Crippen LogP) is 3.87. The third-order valence-corrected chi connectivity index (χ3v) is 7.16. The SMILES string of the molecule is CC(C)NC(=O)CC1CN(C(C)C)C(=O)c2c(O)c(=O)c(-c3ncc(Cc4ccc(F)cc4F)s3)cn21. The Bertz CT molecular complexity index is 1420. The van der Waals surface area contributed by atoms with Gasteiger partial charge in [-0.1, -0.05) is 6.07 Å². The highest BCUT2D eigenvalue weighted by molar-refractivity contribution is 7.15. The van der Waals surface area contributed by atoms with Crippen LogP contribution in [-0.2, 0) is 11.2 Å². The van der Waals surface area contributed by atoms with Crippen LogP contribution in [0.25, 0.3) is 10.6 Å². The molecular formula is C26H28F2N4O4S. The van der Waals surface area contributed by atoms with Crippen molar-refractivity contribution in [3.63, 3.8) is 0 Å². The molecular weight excluding hydrogens is 502 g/mol. The van der Waals surface area contributed by atoms with E-state index in [1.54, 1.807) is 0 Å². The summed E-state index contributed by atoms with van der Waals surface area (Å²) in [5.74, 6) is -2.78. The Hall–Kier alpha value is -3.60. The van der Waals surface area contributed by atoms with Gasteiger partial charge < -0.3 is 19.9 Å². The molecule has 0 spiro atoms. The van der Waals surface area contributed by atoms with E-state index in [0.29, 0.717) is 4.88 Å². The number of aromatic hydroxyl groups is 1. The first kappa shape index (κ1) is 26.5. The molecule has 1 aliphatic heterocycles. The van der Waals surface area contributed by atoms with Crippen LogP contribution in [0, 0.1) is 11.6 Å². The second-order valence-electron chi connectivity index (χ2n) is 9.65. The van der Waals surface area contributed by atoms with Crippen LogP contribution in [0.2, 0.25) is 0 Å². The van der Waals surface area contributed by atoms with Crippen LogP contribution in [0.5, 0.6) is 5.75 Å². The van der Waals surface area contributed by atoms with Crippen molar-refractivity contribution in [2.45, 2.75) is 58.7 Å². The number of aromatic nitrogens is 2. The first-order chi connectivity index (χ1) is 17.5. The molecule has 4 rings (SSSR count). The monoisotopic (exact) mass is 530 g/mol. The number of pyridine rings is 1. The van der Waals surface area contributed by atoms with Gasteiger partial charge in [-0.05, 0) is 39.3 Å². The number of hydrogen-bond donors (Lipinski definition) is 2. The van der Waals surface area contributed by atoms with E-state index in [2.05, 4.69) is 10.3 Å². The van der Waals surface area contributed by atoms with Crippen LogP contribution in [0.1, 0.15) is 61.1 Å². The van der Waals surface area contributed by atoms with Gasteiger partial charge in [0.1, 0.15) is 16.6 Å². The van der Waals surface area contributed by atoms with Gasteiger partial charge in [0.15, 0.2) is 11.4 Å². The van der Waals surface area contributed by atoms with Gasteiger partial charge in [-0.15, -0.1) is 11.3 Å². The van der Waals surface area contributed by atoms with Crippen LogP contribution >= 0.6 is 11.3 Å². The maximum atomic E-state index is 14.1. The Morgan fingerprint density at radius 3 is 2.62 bits per heavy atom. The van der Waals surface area contributed by atoms with Crippen LogP contribution in [0.3, 0.4) is 0 Å². The van der Waals surface area contributed by atoms with Crippen molar-refractivity contribution in [1.82, 2.24) is 19.8 Å². The standard InChI is InChI=1S/C26H28F2N4O4S/c1-13(2)30-21(33)9-17-11-31(14(3)4)26(36)22-24(35)23(34)19(12-32(17)22)25-29-10-18(37-25)7-15-5-6-16(27)8-20(15)28/h5-6,8,10,12-14,17,35H,7,9,11H2,1-4H3,(H,30,33). The molecule has 3 aromatic rings. The maximum absolute atomic E-state index is 14.1. The quantitative estimate of drug-likeness (QED) is 0.483. The fourth-order valence-corrected chi connectivity index (χ4v) is 5.32. The summed E-state index contributed by atoms with van der Waals surface area (Å²) in [6, 6.07) is 2.52. The fraction of sp³-hybridized carbons (Fsp3) is 0.385. The van der Waals surface area contributed by atoms with Crippen LogP contribution in [0.4, 0.5) is 8.78 Å². The minimum Gasteiger partial charge on any atom is -0.503 e. The van der Waals surface area contributed by atoms with Gasteiger partial charge in [0, 0.05) is 54.8 Å². The van der Waals surface area contributed by atoms with E-state index in [1.807, 2.05) is 27.7 Å². The Kier molecular flexibility index (Phi) is 7.44. The van der Waals surface area contributed by atoms with E-state index in [1.165, 1.54) is 34.0 Å². The number of rotatable bonds is 7. The average molecular weight is 531 g/mol. The molecule has 2 aromatic heterocycles. The first-order valence-corrected chi connectivity index (χ1v) is 12.7. The minimum atomic E-state index is -0.760. The summed E-state index contributed by atoms with van der Waals surface area (Å²) >= 11 is 1.13. The van der Waals surface area contributed by atoms with Crippen molar-refractivity contribution in [1.29, 1.82) is 0 Å². The van der Waals surface area contributed by atoms with Gasteiger partial charge in [0.2, 0.25) is 11.3 Å². The van der Waals surface area contributed by atoms with E-state index in [0.717, 1.165) is 17.4 Å². The van der Waals surface area contributed by atoms with Gasteiger partial charge in [0.05, 0.1) is 11.6 Å². The fourth-order valence-electron chi connectivity index (χ4n) is 4.38. The highest BCUT2D eigenvalue weighted by Gasteiger charge is 2.37. The van der Waals surface area contributed by atoms with Crippen molar-refractivity contribution < 1.29 is 23.5 Å². The molecule has 37 heavy (non-hydrogen) atoms. The lowest BCUT2D eigenvalue weighted by Gasteiger charge is -2.38. The zero-order valence-electron chi connectivity index (χ0n) is 20.9. The molecule has 196 valence electrons. The smallest absolute Gasteiger partial charge is 0.274 e. The normalized spacial score (nSPS) is 15.4. The lowest BCUT2D eigenvalue weighted by molar-refractivity contribution is -0.122. The van der Waals surface area contributed by atoms with Crippen molar-refractivity contribution in [3.8, 4) is 16.3 Å². The maximum Gasteiger partial charge on any atom is 0.274 e. The summed E-state index contributed by atoms with van der Waals surface area (Å²) in [6.07, 6.45) is 3.13. The number of halogens is 2. The number of nitrogens with one attached hydrogen (secondary N) is 1. The molecule has 11 heteroatoms. The van der Waals surface area contributed by atoms with E-state index in [-0.39, 0.29) is 59.2 Å². The molecule has 3 heterocycles. The second kappa shape index (κ2) is 10.4. The number of benzene rings is 1. The zero-order valence-corrected chi connectivity index (χ0v) is 21.7. The molecule has 1 unspecified atom stereocenters. The van der Waals surface area contributed by atoms with E-state index < -0.39 is 34.8 Å². The van der Waals surface area contributed by atoms with E-state index in [4.69, 9.17) is 0 Å². The third-order valence-electron chi connectivity index (χ3n) is 6.13. The van der Waals surface area contributed by atoms with Gasteiger partial charge in [-0.25, -0.2) is 13.8 Å². The molecule has 2 N–H and O–H groups in total. The van der Waals surface area contributed by atoms with Gasteiger partial charge >= 0.3 is 0 Å². The zero-order chi connectivity index (χ0) is 27.0. The molecule has 1 atom stereocenters. The number of carbonyl (C=O) groups excluding carboxylic acids is 2. The van der Waals surface area contributed by atoms with Crippen LogP contribution < -0.4 is 10.7 Å². The highest BCUT2D eigenvalue weighted by Crippen LogP contribution is 2.33. The molecule has 8 nitrogen and oxygen atoms in total. The minimum absolute atomic E-state index is 0.0381. The van der Waals surface area contributed by atoms with Crippen LogP contribution in [0.15, 0.2) is 35.4 Å². The molecule has 0 aliphatic carbocycles. The highest BCUT2D eigenvalue weighted by atomic mass is 32.1. The molecule has 2 amide bonds. The number of amides is 2. The Balaban J connectivity index is 1.74. The van der Waals surface area contributed by atoms with Gasteiger partial charge in [-0.3, -0.25) is 14.4 Å². The van der Waals surface area contributed by atoms with Crippen molar-refractivity contribution in [2.24, 2.45) is 0 Å². The third kappa shape index (κ3) is 5.41. The molecule has 0 saturated heterocycles. The number of nitrogens with zero attached hydrogens (tertiary/aromatic N) is 3. The molecule has 0 radical (unpaired) electrons. The summed E-state index contributed by atoms with van der Waals surface area (Å²) in [7, 11) is 0. The van der Waals surface area contributed by atoms with Crippen molar-refractivity contribution in [2.75, 3.05) is 6.54 Å². The Labute approximate surface area is 216 Å². The molecule has 0 bridgehead atoms. The number of fused-ring (bicyclic) bond motifs is 1. The second-order valence-corrected chi connectivity index (χ2v) is 10.8. The van der Waals surface area contributed by atoms with Gasteiger partial charge in [0.25, 0.3) is 5.91 Å². The Morgan fingerprint density at radius 1 is 1.24 bits per heavy atom. The summed E-state index contributed by atoms with van der Waals surface area (Å²) in [4.78, 5) is 45.4. The van der Waals surface area contributed by atoms with Crippen LogP contribution in [-0.4, -0.2) is 50.0 Å². The topological polar surface area (TPSA) is 105 Å². The number of hydrogen-bond acceptors (Lipinski definition) is 6. The molecule has 1 aromatic carbocycles. The van der Waals surface area contributed by atoms with E-state index >= 15 is 0 Å². The Morgan fingerprint density at radius 2 is 1.97 bits per heavy atom. The summed E-state index contributed by atoms with van der Waals surface area (Å²) < 4.78 is 28.8. The molecule has 1 aliphatic rings. The summed E-state index contributed by atoms with van der Waals surface area (Å²) in [6.45, 7) is 7.56. The molecule has 0 saturated carbocycles. The van der Waals surface area contributed by atoms with Crippen molar-refractivity contribution >= 4 is 23.2 Å². The molecule has 0 fully saturated rings. The summed E-state index contributed by atoms with van der Waals surface area (Å²) in [5, 5.41) is 14.0. The predicted molar refractivity (Wildman–Crippen MR) is 136 cm³/mol. The summed E-state index contributed by atoms with van der Waals surface area (Å²) in [5.41, 5.74) is -0.583. The van der Waals surface area contributed by atoms with E-state index in [9.17, 15) is 28.3 Å². The number of thiazole rings is 1. The van der Waals surface area contributed by atoms with Crippen molar-refractivity contribution in [3.05, 3.63) is 68.6 Å². The van der Waals surface area contributed by atoms with Gasteiger partial charge in [-0.2, -0.15) is 0 Å². The lowest BCUT2D eigenvalue weighted by atomic mass is 10.0.